The Morgan fingerprint density at radius 1 is 1.25 bits per heavy atom. The number of likely N-dealkylation sites (tertiary alicyclic amines) is 1. The summed E-state index contributed by atoms with van der Waals surface area (Å²) in [5, 5.41) is 0. The molecule has 0 saturated carbocycles. The first-order chi connectivity index (χ1) is 13.1. The highest BCUT2D eigenvalue weighted by Gasteiger charge is 2.28. The predicted octanol–water partition coefficient (Wildman–Crippen LogP) is 3.57. The van der Waals surface area contributed by atoms with Crippen molar-refractivity contribution < 1.29 is 22.1 Å². The van der Waals surface area contributed by atoms with E-state index in [1.807, 2.05) is 6.92 Å². The van der Waals surface area contributed by atoms with Crippen LogP contribution in [0.4, 0.5) is 4.39 Å². The van der Waals surface area contributed by atoms with Crippen LogP contribution >= 0.6 is 0 Å². The first kappa shape index (κ1) is 22.3. The molecule has 2 heterocycles. The van der Waals surface area contributed by atoms with Gasteiger partial charge in [0.05, 0.1) is 11.1 Å². The molecule has 154 valence electrons. The molecule has 0 spiro atoms. The van der Waals surface area contributed by atoms with Crippen LogP contribution in [-0.4, -0.2) is 48.6 Å². The fourth-order valence-corrected chi connectivity index (χ4v) is 3.22. The van der Waals surface area contributed by atoms with Crippen LogP contribution in [0.25, 0.3) is 0 Å². The second-order valence-electron chi connectivity index (χ2n) is 7.25. The Bertz CT molecular complexity index is 840. The van der Waals surface area contributed by atoms with Gasteiger partial charge in [-0.1, -0.05) is 31.5 Å². The van der Waals surface area contributed by atoms with Crippen molar-refractivity contribution in [1.29, 1.82) is 0 Å². The molecule has 0 unspecified atom stereocenters. The number of aromatic nitrogens is 1. The van der Waals surface area contributed by atoms with E-state index in [1.54, 1.807) is 18.2 Å². The topological polar surface area (TPSA) is 79.7 Å². The number of halogens is 1. The van der Waals surface area contributed by atoms with Crippen molar-refractivity contribution in [2.24, 2.45) is 5.92 Å². The molecule has 2 aromatic rings. The zero-order valence-electron chi connectivity index (χ0n) is 16.4. The minimum Gasteiger partial charge on any atom is -0.490 e. The first-order valence-corrected chi connectivity index (χ1v) is 10.6. The van der Waals surface area contributed by atoms with Crippen LogP contribution in [0.1, 0.15) is 25.8 Å². The summed E-state index contributed by atoms with van der Waals surface area (Å²) >= 11 is 0. The largest absolute Gasteiger partial charge is 0.490 e. The Morgan fingerprint density at radius 3 is 2.39 bits per heavy atom. The van der Waals surface area contributed by atoms with E-state index in [4.69, 9.17) is 9.29 Å². The Kier molecular flexibility index (Phi) is 7.91. The summed E-state index contributed by atoms with van der Waals surface area (Å²) in [6, 6.07) is 9.43. The summed E-state index contributed by atoms with van der Waals surface area (Å²) in [5.74, 6) is 0.857. The second kappa shape index (κ2) is 9.95. The van der Waals surface area contributed by atoms with Gasteiger partial charge in [-0.15, -0.1) is 0 Å². The number of pyridine rings is 1. The summed E-state index contributed by atoms with van der Waals surface area (Å²) in [4.78, 5) is 5.93. The highest BCUT2D eigenvalue weighted by atomic mass is 32.2. The van der Waals surface area contributed by atoms with Crippen LogP contribution in [0, 0.1) is 18.8 Å². The molecule has 28 heavy (non-hydrogen) atoms. The Hall–Kier alpha value is -2.03. The highest BCUT2D eigenvalue weighted by molar-refractivity contribution is 7.85. The number of hydrogen-bond donors (Lipinski definition) is 1. The van der Waals surface area contributed by atoms with Crippen molar-refractivity contribution >= 4 is 10.1 Å². The predicted molar refractivity (Wildman–Crippen MR) is 105 cm³/mol. The zero-order chi connectivity index (χ0) is 20.7. The van der Waals surface area contributed by atoms with Crippen LogP contribution in [0.3, 0.4) is 0 Å². The van der Waals surface area contributed by atoms with E-state index in [2.05, 4.69) is 23.7 Å². The standard InChI is InChI=1S/C13H19FN2O.C7H8O3S/c1-10(2)8-16-6-5-11(16)9-17-12-3-4-13(14)15-7-12;1-6-2-4-7(5-3-6)11(8,9)10/h3-4,7,10-11H,5-6,8-9H2,1-2H3;2-5H,1H3,(H,8,9,10)/t11-;/m0./s1. The van der Waals surface area contributed by atoms with Gasteiger partial charge in [0.1, 0.15) is 12.4 Å². The lowest BCUT2D eigenvalue weighted by atomic mass is 10.0. The molecular weight excluding hydrogens is 383 g/mol. The number of aryl methyl sites for hydroxylation is 1. The molecule has 1 aromatic heterocycles. The highest BCUT2D eigenvalue weighted by Crippen LogP contribution is 2.20. The average Bonchev–Trinajstić information content (AvgIpc) is 2.61. The average molecular weight is 411 g/mol. The van der Waals surface area contributed by atoms with Crippen LogP contribution in [0.2, 0.25) is 0 Å². The third-order valence-electron chi connectivity index (χ3n) is 4.33. The van der Waals surface area contributed by atoms with Gasteiger partial charge in [0.2, 0.25) is 5.95 Å². The molecule has 0 aliphatic carbocycles. The van der Waals surface area contributed by atoms with Crippen molar-refractivity contribution in [3.63, 3.8) is 0 Å². The molecular formula is C20H27FN2O4S. The summed E-state index contributed by atoms with van der Waals surface area (Å²) < 4.78 is 47.8. The van der Waals surface area contributed by atoms with E-state index in [0.717, 1.165) is 18.7 Å². The van der Waals surface area contributed by atoms with E-state index in [-0.39, 0.29) is 4.90 Å². The molecule has 1 fully saturated rings. The van der Waals surface area contributed by atoms with E-state index in [0.29, 0.717) is 24.3 Å². The molecule has 1 aliphatic heterocycles. The van der Waals surface area contributed by atoms with Gasteiger partial charge < -0.3 is 4.74 Å². The van der Waals surface area contributed by atoms with Gasteiger partial charge in [-0.05, 0) is 43.5 Å². The maximum atomic E-state index is 12.6. The third-order valence-corrected chi connectivity index (χ3v) is 5.19. The third kappa shape index (κ3) is 7.18. The van der Waals surface area contributed by atoms with Crippen LogP contribution < -0.4 is 4.74 Å². The van der Waals surface area contributed by atoms with Gasteiger partial charge in [0, 0.05) is 19.1 Å². The lowest BCUT2D eigenvalue weighted by Crippen LogP contribution is -2.52. The Balaban J connectivity index is 0.000000221. The van der Waals surface area contributed by atoms with Crippen molar-refractivity contribution in [2.75, 3.05) is 19.7 Å². The summed E-state index contributed by atoms with van der Waals surface area (Å²) in [6.45, 7) is 9.23. The van der Waals surface area contributed by atoms with Gasteiger partial charge in [-0.2, -0.15) is 12.8 Å². The van der Waals surface area contributed by atoms with Crippen LogP contribution in [0.15, 0.2) is 47.5 Å². The van der Waals surface area contributed by atoms with E-state index < -0.39 is 16.1 Å². The van der Waals surface area contributed by atoms with E-state index in [9.17, 15) is 12.8 Å². The van der Waals surface area contributed by atoms with Crippen molar-refractivity contribution in [2.45, 2.75) is 38.1 Å². The van der Waals surface area contributed by atoms with Gasteiger partial charge >= 0.3 is 0 Å². The monoisotopic (exact) mass is 410 g/mol. The molecule has 1 saturated heterocycles. The molecule has 3 rings (SSSR count). The number of nitrogens with zero attached hydrogens (tertiary/aromatic N) is 2. The van der Waals surface area contributed by atoms with E-state index >= 15 is 0 Å². The van der Waals surface area contributed by atoms with Crippen molar-refractivity contribution in [1.82, 2.24) is 9.88 Å². The summed E-state index contributed by atoms with van der Waals surface area (Å²) in [5.41, 5.74) is 0.956. The van der Waals surface area contributed by atoms with Gasteiger partial charge in [0.25, 0.3) is 10.1 Å². The molecule has 1 aromatic carbocycles. The first-order valence-electron chi connectivity index (χ1n) is 9.17. The fourth-order valence-electron chi connectivity index (χ4n) is 2.74. The number of rotatable bonds is 6. The second-order valence-corrected chi connectivity index (χ2v) is 8.67. The van der Waals surface area contributed by atoms with Gasteiger partial charge in [0.15, 0.2) is 0 Å². The molecule has 1 atom stereocenters. The molecule has 0 radical (unpaired) electrons. The SMILES string of the molecule is CC(C)CN1CC[C@H]1COc1ccc(F)nc1.Cc1ccc(S(=O)(=O)O)cc1. The molecule has 0 amide bonds. The van der Waals surface area contributed by atoms with Crippen LogP contribution in [0.5, 0.6) is 5.75 Å². The van der Waals surface area contributed by atoms with Crippen molar-refractivity contribution in [3.05, 3.63) is 54.1 Å². The number of benzene rings is 1. The van der Waals surface area contributed by atoms with Crippen LogP contribution in [-0.2, 0) is 10.1 Å². The summed E-state index contributed by atoms with van der Waals surface area (Å²) in [6.07, 6.45) is 2.61. The normalized spacial score (nSPS) is 16.9. The lowest BCUT2D eigenvalue weighted by Gasteiger charge is -2.41. The molecule has 0 bridgehead atoms. The van der Waals surface area contributed by atoms with Gasteiger partial charge in [-0.3, -0.25) is 9.45 Å². The maximum absolute atomic E-state index is 12.6. The minimum atomic E-state index is -4.02. The quantitative estimate of drug-likeness (QED) is 0.579. The maximum Gasteiger partial charge on any atom is 0.294 e. The molecule has 1 N–H and O–H groups in total. The number of hydrogen-bond acceptors (Lipinski definition) is 5. The smallest absolute Gasteiger partial charge is 0.294 e. The lowest BCUT2D eigenvalue weighted by molar-refractivity contribution is 0.0407. The summed E-state index contributed by atoms with van der Waals surface area (Å²) in [7, 11) is -4.02. The Morgan fingerprint density at radius 2 is 1.93 bits per heavy atom. The van der Waals surface area contributed by atoms with Crippen molar-refractivity contribution in [3.8, 4) is 5.75 Å². The van der Waals surface area contributed by atoms with Gasteiger partial charge in [-0.25, -0.2) is 4.98 Å². The molecule has 6 nitrogen and oxygen atoms in total. The zero-order valence-corrected chi connectivity index (χ0v) is 17.2. The number of ether oxygens (including phenoxy) is 1. The molecule has 8 heteroatoms. The fraction of sp³-hybridized carbons (Fsp3) is 0.450. The Labute approximate surface area is 166 Å². The minimum absolute atomic E-state index is 0.0666. The van der Waals surface area contributed by atoms with E-state index in [1.165, 1.54) is 30.8 Å². The molecule has 1 aliphatic rings.